The number of nitrogens with zero attached hydrogens (tertiary/aromatic N) is 14. The van der Waals surface area contributed by atoms with Gasteiger partial charge in [0.25, 0.3) is 27.8 Å². The molecule has 6 saturated heterocycles. The van der Waals surface area contributed by atoms with E-state index >= 15 is 0 Å². The number of fused-ring (bicyclic) bond motifs is 3. The van der Waals surface area contributed by atoms with Crippen LogP contribution in [0, 0.1) is 20.8 Å². The van der Waals surface area contributed by atoms with E-state index in [-0.39, 0.29) is 96.0 Å². The van der Waals surface area contributed by atoms with Crippen LogP contribution < -0.4 is 35.5 Å². The summed E-state index contributed by atoms with van der Waals surface area (Å²) in [4.78, 5) is 117. The van der Waals surface area contributed by atoms with Crippen molar-refractivity contribution >= 4 is 96.9 Å². The number of ether oxygens (including phenoxy) is 5. The number of para-hydroxylation sites is 3. The number of aryl methyl sites for hydroxylation is 3. The summed E-state index contributed by atoms with van der Waals surface area (Å²) in [6.07, 6.45) is 8.72. The van der Waals surface area contributed by atoms with E-state index in [1.165, 1.54) is 6.08 Å². The summed E-state index contributed by atoms with van der Waals surface area (Å²) in [5, 5.41) is 12.6. The molecule has 0 saturated carbocycles. The SMILES string of the molecule is C.C.C.C=CC(=O)N1CCCC[C@@H](n2c(NC(=O)c3ccnc(C)c3)nc3cccc(OC4CCN(CC)CC4)c32)C1.CCN1CCC(Oc2cccc3nc(NC(=O)c4ccnc(C)c4)n([C@@H]4CCCCN(C(=O)OC(C)(C)C)C4)c23)CC1.Cc1cc(C(=O)Nc2nc3cccc(OC4CCNCC4)c3n2[C@@H]2CCCCN(C(=O)OC(C)(C)C)C2)ccn1.O=S(=O)(CC(F)(F)F)OC(F)(F)F.[2HH].[2H][2H].[2H][2H].[2H][2H]. The summed E-state index contributed by atoms with van der Waals surface area (Å²) in [5.74, 6) is 0.0736. The lowest BCUT2D eigenvalue weighted by Crippen LogP contribution is -2.39. The van der Waals surface area contributed by atoms with Gasteiger partial charge in [-0.05, 0) is 264 Å². The number of likely N-dealkylation sites (tertiary alicyclic amines) is 5. The van der Waals surface area contributed by atoms with E-state index in [4.69, 9.17) is 47.5 Å². The monoisotopic (exact) mass is 1950 g/mol. The normalized spacial score (nSPS) is 18.3. The predicted octanol–water partition coefficient (Wildman–Crippen LogP) is 19.8. The molecule has 0 unspecified atom stereocenters. The lowest BCUT2D eigenvalue weighted by atomic mass is 10.1. The van der Waals surface area contributed by atoms with Crippen LogP contribution in [-0.4, -0.2) is 252 Å². The second-order valence-corrected chi connectivity index (χ2v) is 38.0. The Hall–Kier alpha value is -11.6. The number of nitrogens with one attached hydrogen (secondary N) is 4. The number of benzene rings is 3. The maximum absolute atomic E-state index is 13.4. The molecule has 0 bridgehead atoms. The minimum Gasteiger partial charge on any atom is -0.488 e. The molecule has 12 heterocycles. The van der Waals surface area contributed by atoms with Crippen LogP contribution in [0.4, 0.5) is 53.8 Å². The van der Waals surface area contributed by atoms with Crippen LogP contribution in [0.5, 0.6) is 17.2 Å². The number of aromatic nitrogens is 9. The topological polar surface area (TPSA) is 348 Å². The number of hydrogen-bond acceptors (Lipinski definition) is 23. The number of imidazole rings is 3. The van der Waals surface area contributed by atoms with E-state index in [0.717, 1.165) is 216 Å². The highest BCUT2D eigenvalue weighted by Gasteiger charge is 2.44. The van der Waals surface area contributed by atoms with Crippen molar-refractivity contribution in [3.63, 3.8) is 0 Å². The first-order chi connectivity index (χ1) is 66.7. The van der Waals surface area contributed by atoms with Crippen molar-refractivity contribution in [2.75, 3.05) is 113 Å². The van der Waals surface area contributed by atoms with E-state index in [2.05, 4.69) is 84.3 Å². The fourth-order valence-electron chi connectivity index (χ4n) is 17.4. The number of anilines is 3. The molecule has 32 nitrogen and oxygen atoms in total. The van der Waals surface area contributed by atoms with Gasteiger partial charge in [-0.15, -0.1) is 13.2 Å². The molecule has 137 heavy (non-hydrogen) atoms. The summed E-state index contributed by atoms with van der Waals surface area (Å²) in [6, 6.07) is 27.7. The summed E-state index contributed by atoms with van der Waals surface area (Å²) >= 11 is 0. The maximum Gasteiger partial charge on any atom is 0.537 e. The summed E-state index contributed by atoms with van der Waals surface area (Å²) in [5.41, 5.74) is 7.42. The van der Waals surface area contributed by atoms with Crippen molar-refractivity contribution < 1.29 is 102 Å². The number of halogens is 6. The average molecular weight is 1950 g/mol. The van der Waals surface area contributed by atoms with Gasteiger partial charge < -0.3 is 67.2 Å². The highest BCUT2D eigenvalue weighted by molar-refractivity contribution is 7.86. The van der Waals surface area contributed by atoms with Gasteiger partial charge in [0.15, 0.2) is 5.75 Å². The van der Waals surface area contributed by atoms with E-state index < -0.39 is 39.6 Å². The third-order valence-electron chi connectivity index (χ3n) is 23.7. The fraction of sp³-hybridized carbons (Fsp3) is 0.551. The smallest absolute Gasteiger partial charge is 0.488 e. The first-order valence-electron chi connectivity index (χ1n) is 49.0. The number of carbonyl (C=O) groups is 6. The molecule has 15 rings (SSSR count). The summed E-state index contributed by atoms with van der Waals surface area (Å²) < 4.78 is 157. The summed E-state index contributed by atoms with van der Waals surface area (Å²) in [7, 11) is -5.65. The Labute approximate surface area is 809 Å². The number of hydrogen-bond donors (Lipinski definition) is 4. The van der Waals surface area contributed by atoms with Gasteiger partial charge in [0.1, 0.15) is 63.3 Å². The Balaban J connectivity index is 0.000000344. The Kier molecular flexibility index (Phi) is 37.1. The highest BCUT2D eigenvalue weighted by Crippen LogP contribution is 2.42. The van der Waals surface area contributed by atoms with Crippen molar-refractivity contribution in [2.24, 2.45) is 0 Å². The van der Waals surface area contributed by atoms with E-state index in [9.17, 15) is 63.5 Å². The molecule has 39 heteroatoms. The maximum atomic E-state index is 13.4. The molecule has 6 aliphatic heterocycles. The zero-order valence-electron chi connectivity index (χ0n) is 84.0. The Bertz CT molecular complexity index is 5700. The highest BCUT2D eigenvalue weighted by atomic mass is 32.2. The molecular formula is C98H144F6N18O14S. The molecule has 6 fully saturated rings. The second-order valence-electron chi connectivity index (χ2n) is 36.4. The van der Waals surface area contributed by atoms with Crippen LogP contribution in [0.25, 0.3) is 33.1 Å². The number of carbonyl (C=O) groups excluding carboxylic acids is 6. The van der Waals surface area contributed by atoms with Gasteiger partial charge in [-0.2, -0.15) is 25.8 Å². The van der Waals surface area contributed by atoms with Crippen LogP contribution in [0.2, 0.25) is 0 Å². The molecular weight excluding hydrogens is 1800 g/mol. The number of alkyl halides is 6. The molecule has 9 aromatic rings. The van der Waals surface area contributed by atoms with Gasteiger partial charge >= 0.3 is 24.7 Å². The van der Waals surface area contributed by atoms with Crippen LogP contribution >= 0.6 is 0 Å². The van der Waals surface area contributed by atoms with Crippen LogP contribution in [0.3, 0.4) is 0 Å². The zero-order valence-corrected chi connectivity index (χ0v) is 78.8. The lowest BCUT2D eigenvalue weighted by molar-refractivity contribution is -0.272. The van der Waals surface area contributed by atoms with Crippen LogP contribution in [0.1, 0.15) is 251 Å². The molecule has 6 amide bonds. The third kappa shape index (κ3) is 31.0. The largest absolute Gasteiger partial charge is 0.537 e. The van der Waals surface area contributed by atoms with Crippen molar-refractivity contribution in [1.29, 1.82) is 0 Å². The van der Waals surface area contributed by atoms with Gasteiger partial charge in [-0.3, -0.25) is 50.1 Å². The summed E-state index contributed by atoms with van der Waals surface area (Å²) in [6.45, 7) is 36.2. The molecule has 758 valence electrons. The molecule has 0 spiro atoms. The van der Waals surface area contributed by atoms with Crippen molar-refractivity contribution in [3.05, 3.63) is 156 Å². The number of pyridine rings is 3. The lowest BCUT2D eigenvalue weighted by Gasteiger charge is -2.32. The second kappa shape index (κ2) is 48.6. The van der Waals surface area contributed by atoms with Crippen molar-refractivity contribution in [2.45, 2.75) is 255 Å². The molecule has 4 N–H and O–H groups in total. The quantitative estimate of drug-likeness (QED) is 0.0313. The first kappa shape index (κ1) is 104. The Morgan fingerprint density at radius 1 is 0.474 bits per heavy atom. The van der Waals surface area contributed by atoms with Crippen LogP contribution in [-0.2, 0) is 28.6 Å². The number of piperidine rings is 3. The molecule has 3 atom stereocenters. The minimum atomic E-state index is -5.65. The molecule has 0 radical (unpaired) electrons. The van der Waals surface area contributed by atoms with E-state index in [1.54, 1.807) is 64.8 Å². The van der Waals surface area contributed by atoms with E-state index in [0.29, 0.717) is 73.8 Å². The first-order valence-corrected chi connectivity index (χ1v) is 47.6. The minimum absolute atomic E-state index is 0. The molecule has 0 aliphatic carbocycles. The van der Waals surface area contributed by atoms with Gasteiger partial charge in [0.2, 0.25) is 23.8 Å². The number of amides is 6. The third-order valence-corrected chi connectivity index (χ3v) is 24.8. The molecule has 3 aromatic carbocycles. The fourth-order valence-corrected chi connectivity index (χ4v) is 18.1. The van der Waals surface area contributed by atoms with Crippen molar-refractivity contribution in [1.82, 2.24) is 73.4 Å². The molecule has 6 aliphatic rings. The van der Waals surface area contributed by atoms with Gasteiger partial charge in [0, 0.05) is 128 Å². The average Bonchev–Trinajstić information content (AvgIpc) is 1.62. The van der Waals surface area contributed by atoms with Gasteiger partial charge in [-0.25, -0.2) is 24.5 Å². The van der Waals surface area contributed by atoms with Crippen LogP contribution in [0.15, 0.2) is 122 Å². The predicted molar refractivity (Wildman–Crippen MR) is 525 cm³/mol. The van der Waals surface area contributed by atoms with E-state index in [1.807, 2.05) is 122 Å². The standard InChI is InChI=1S/C32H44N6O4.C30H40N6O4.C30H38N6O3.C3H2F6O3S.3CH4.4H2/c1-6-36-18-14-25(15-19-36)41-27-12-9-11-26-28(27)38(30(34-26)35-29(39)23-13-16-33-22(2)20-23)24-10-7-8-17-37(21-24)31(40)42-32(3,4)5;1-20-18-21(11-16-32-20)27(37)34-28-33-24-9-7-10-25(39-23-12-14-31-15-13-23)26(24)36(28)22-8-5-6-17-35(19-22)29(38)40-30(2,3)4;1-4-27(37)35-16-7-6-9-23(20-35)36-28-25(32-30(36)33-29(38)22-12-15-31-21(3)19-22)10-8-11-26(28)39-24-13-17-34(5-2)18-14-24;4-2(5,6)1-13(10,11)12-3(7,8)9;;;;;;;/h9,11-13,16,20,24-25H,6-8,10,14-15,17-19,21H2,1-5H3,(H,34,35,39);7,9-11,16,18,22-23,31H,5-6,8,12-15,17,19H2,1-4H3,(H,33,34,37);4,8,10-12,15,19,23-24H,1,5-7,9,13-14,16-18,20H2,2-3H3,(H,32,33,38);1H2;3*1H4;4*1H/t24-;22-;23-;;;;;;;;/m111......../s1/i;;;;;;;3*1+1D;1+1. The zero-order chi connectivity index (χ0) is 102. The number of rotatable bonds is 20. The Morgan fingerprint density at radius 3 is 1.09 bits per heavy atom. The van der Waals surface area contributed by atoms with Gasteiger partial charge in [-0.1, -0.05) is 60.9 Å². The Morgan fingerprint density at radius 2 is 0.796 bits per heavy atom. The van der Waals surface area contributed by atoms with Gasteiger partial charge in [0.05, 0.1) is 34.7 Å². The van der Waals surface area contributed by atoms with Crippen molar-refractivity contribution in [3.8, 4) is 17.2 Å². The molecule has 6 aromatic heterocycles.